The third-order valence-corrected chi connectivity index (χ3v) is 3.24. The minimum atomic E-state index is -0.425. The van der Waals surface area contributed by atoms with Gasteiger partial charge in [0, 0.05) is 25.7 Å². The van der Waals surface area contributed by atoms with Crippen molar-refractivity contribution in [3.63, 3.8) is 0 Å². The van der Waals surface area contributed by atoms with Gasteiger partial charge in [0.2, 0.25) is 5.91 Å². The summed E-state index contributed by atoms with van der Waals surface area (Å²) in [7, 11) is 3.66. The molecule has 0 radical (unpaired) electrons. The third-order valence-electron chi connectivity index (χ3n) is 3.24. The lowest BCUT2D eigenvalue weighted by molar-refractivity contribution is -0.384. The highest BCUT2D eigenvalue weighted by Gasteiger charge is 2.29. The van der Waals surface area contributed by atoms with Crippen LogP contribution < -0.4 is 0 Å². The van der Waals surface area contributed by atoms with Gasteiger partial charge in [-0.3, -0.25) is 19.8 Å². The van der Waals surface area contributed by atoms with Gasteiger partial charge in [-0.25, -0.2) is 0 Å². The summed E-state index contributed by atoms with van der Waals surface area (Å²) < 4.78 is 0. The van der Waals surface area contributed by atoms with E-state index in [1.807, 2.05) is 11.9 Å². The van der Waals surface area contributed by atoms with E-state index in [9.17, 15) is 14.9 Å². The SMILES string of the molecule is CN1CC(=O)N(C)C(c2ccc([N+](=O)[O-])cc2)C1. The number of carbonyl (C=O) groups excluding carboxylic acids is 1. The quantitative estimate of drug-likeness (QED) is 0.580. The van der Waals surface area contributed by atoms with Crippen LogP contribution in [0.1, 0.15) is 11.6 Å². The molecule has 1 atom stereocenters. The minimum Gasteiger partial charge on any atom is -0.336 e. The van der Waals surface area contributed by atoms with Crippen molar-refractivity contribution in [1.82, 2.24) is 9.80 Å². The van der Waals surface area contributed by atoms with Crippen LogP contribution in [0.2, 0.25) is 0 Å². The van der Waals surface area contributed by atoms with Gasteiger partial charge in [0.25, 0.3) is 5.69 Å². The lowest BCUT2D eigenvalue weighted by atomic mass is 10.0. The molecule has 1 fully saturated rings. The lowest BCUT2D eigenvalue weighted by Crippen LogP contribution is -2.48. The molecule has 1 unspecified atom stereocenters. The van der Waals surface area contributed by atoms with Crippen LogP contribution in [0.15, 0.2) is 24.3 Å². The number of piperazine rings is 1. The van der Waals surface area contributed by atoms with Crippen LogP contribution in [0.5, 0.6) is 0 Å². The second-order valence-corrected chi connectivity index (χ2v) is 4.57. The van der Waals surface area contributed by atoms with Crippen LogP contribution in [0.3, 0.4) is 0 Å². The lowest BCUT2D eigenvalue weighted by Gasteiger charge is -2.37. The Labute approximate surface area is 105 Å². The summed E-state index contributed by atoms with van der Waals surface area (Å²) in [5.74, 6) is 0.0621. The fraction of sp³-hybridized carbons (Fsp3) is 0.417. The molecule has 2 rings (SSSR count). The van der Waals surface area contributed by atoms with Crippen LogP contribution in [0.4, 0.5) is 5.69 Å². The molecule has 0 saturated carbocycles. The van der Waals surface area contributed by atoms with Crippen molar-refractivity contribution in [2.75, 3.05) is 27.2 Å². The van der Waals surface area contributed by atoms with Crippen LogP contribution in [-0.2, 0) is 4.79 Å². The number of hydrogen-bond acceptors (Lipinski definition) is 4. The Morgan fingerprint density at radius 2 is 1.89 bits per heavy atom. The van der Waals surface area contributed by atoms with Gasteiger partial charge in [-0.1, -0.05) is 12.1 Å². The van der Waals surface area contributed by atoms with Crippen LogP contribution in [0, 0.1) is 10.1 Å². The molecule has 0 aliphatic carbocycles. The number of carbonyl (C=O) groups is 1. The van der Waals surface area contributed by atoms with E-state index < -0.39 is 4.92 Å². The number of amides is 1. The summed E-state index contributed by atoms with van der Waals surface area (Å²) in [6, 6.07) is 6.33. The maximum Gasteiger partial charge on any atom is 0.269 e. The monoisotopic (exact) mass is 249 g/mol. The smallest absolute Gasteiger partial charge is 0.269 e. The van der Waals surface area contributed by atoms with Gasteiger partial charge in [0.15, 0.2) is 0 Å². The van der Waals surface area contributed by atoms with E-state index in [2.05, 4.69) is 0 Å². The number of non-ortho nitro benzene ring substituents is 1. The van der Waals surface area contributed by atoms with Crippen molar-refractivity contribution >= 4 is 11.6 Å². The molecular formula is C12H15N3O3. The Kier molecular flexibility index (Phi) is 3.29. The van der Waals surface area contributed by atoms with E-state index in [4.69, 9.17) is 0 Å². The number of benzene rings is 1. The van der Waals surface area contributed by atoms with Crippen molar-refractivity contribution in [1.29, 1.82) is 0 Å². The highest BCUT2D eigenvalue weighted by atomic mass is 16.6. The van der Waals surface area contributed by atoms with Gasteiger partial charge in [-0.2, -0.15) is 0 Å². The zero-order chi connectivity index (χ0) is 13.3. The number of nitro groups is 1. The van der Waals surface area contributed by atoms with E-state index in [0.717, 1.165) is 12.1 Å². The predicted molar refractivity (Wildman–Crippen MR) is 66.1 cm³/mol. The van der Waals surface area contributed by atoms with Crippen LogP contribution in [0.25, 0.3) is 0 Å². The van der Waals surface area contributed by atoms with Crippen LogP contribution >= 0.6 is 0 Å². The van der Waals surface area contributed by atoms with Crippen molar-refractivity contribution in [3.05, 3.63) is 39.9 Å². The molecule has 18 heavy (non-hydrogen) atoms. The highest BCUT2D eigenvalue weighted by molar-refractivity contribution is 5.79. The first-order chi connectivity index (χ1) is 8.49. The molecule has 6 heteroatoms. The van der Waals surface area contributed by atoms with Gasteiger partial charge >= 0.3 is 0 Å². The molecule has 1 amide bonds. The summed E-state index contributed by atoms with van der Waals surface area (Å²) >= 11 is 0. The Bertz CT molecular complexity index is 472. The van der Waals surface area contributed by atoms with Gasteiger partial charge in [0.1, 0.15) is 0 Å². The molecule has 0 bridgehead atoms. The van der Waals surface area contributed by atoms with E-state index in [-0.39, 0.29) is 17.6 Å². The zero-order valence-corrected chi connectivity index (χ0v) is 10.4. The third kappa shape index (κ3) is 2.33. The van der Waals surface area contributed by atoms with Crippen molar-refractivity contribution in [2.45, 2.75) is 6.04 Å². The largest absolute Gasteiger partial charge is 0.336 e. The summed E-state index contributed by atoms with van der Waals surface area (Å²) in [6.45, 7) is 1.15. The second kappa shape index (κ2) is 4.73. The standard InChI is InChI=1S/C12H15N3O3/c1-13-7-11(14(2)12(16)8-13)9-3-5-10(6-4-9)15(17)18/h3-6,11H,7-8H2,1-2H3. The molecule has 0 N–H and O–H groups in total. The molecule has 1 aromatic rings. The minimum absolute atomic E-state index is 0.0444. The van der Waals surface area contributed by atoms with Gasteiger partial charge in [0.05, 0.1) is 17.5 Å². The average molecular weight is 249 g/mol. The highest BCUT2D eigenvalue weighted by Crippen LogP contribution is 2.25. The first kappa shape index (κ1) is 12.5. The van der Waals surface area contributed by atoms with Crippen molar-refractivity contribution in [3.8, 4) is 0 Å². The molecule has 1 saturated heterocycles. The number of nitrogens with zero attached hydrogens (tertiary/aromatic N) is 3. The summed E-state index contributed by atoms with van der Waals surface area (Å²) in [5.41, 5.74) is 0.986. The summed E-state index contributed by atoms with van der Waals surface area (Å²) in [5, 5.41) is 10.6. The van der Waals surface area contributed by atoms with E-state index >= 15 is 0 Å². The second-order valence-electron chi connectivity index (χ2n) is 4.57. The number of likely N-dealkylation sites (N-methyl/N-ethyl adjacent to an activating group) is 2. The maximum atomic E-state index is 11.7. The zero-order valence-electron chi connectivity index (χ0n) is 10.4. The maximum absolute atomic E-state index is 11.7. The average Bonchev–Trinajstić information content (AvgIpc) is 2.34. The van der Waals surface area contributed by atoms with E-state index in [1.165, 1.54) is 12.1 Å². The van der Waals surface area contributed by atoms with E-state index in [0.29, 0.717) is 6.54 Å². The molecule has 6 nitrogen and oxygen atoms in total. The Hall–Kier alpha value is -1.95. The van der Waals surface area contributed by atoms with Crippen molar-refractivity contribution in [2.24, 2.45) is 0 Å². The molecule has 1 heterocycles. The van der Waals surface area contributed by atoms with Gasteiger partial charge in [-0.15, -0.1) is 0 Å². The number of hydrogen-bond donors (Lipinski definition) is 0. The Balaban J connectivity index is 2.24. The number of nitro benzene ring substituents is 1. The summed E-state index contributed by atoms with van der Waals surface area (Å²) in [4.78, 5) is 25.6. The molecule has 96 valence electrons. The number of rotatable bonds is 2. The fourth-order valence-corrected chi connectivity index (χ4v) is 2.15. The molecule has 1 aliphatic rings. The van der Waals surface area contributed by atoms with Crippen molar-refractivity contribution < 1.29 is 9.72 Å². The van der Waals surface area contributed by atoms with Gasteiger partial charge < -0.3 is 4.90 Å². The molecule has 0 spiro atoms. The first-order valence-electron chi connectivity index (χ1n) is 5.67. The topological polar surface area (TPSA) is 66.7 Å². The molecule has 0 aromatic heterocycles. The molecule has 1 aromatic carbocycles. The Morgan fingerprint density at radius 1 is 1.28 bits per heavy atom. The fourth-order valence-electron chi connectivity index (χ4n) is 2.15. The Morgan fingerprint density at radius 3 is 2.44 bits per heavy atom. The van der Waals surface area contributed by atoms with Crippen LogP contribution in [-0.4, -0.2) is 47.8 Å². The predicted octanol–water partition coefficient (Wildman–Crippen LogP) is 1.04. The van der Waals surface area contributed by atoms with Gasteiger partial charge in [-0.05, 0) is 12.6 Å². The molecule has 1 aliphatic heterocycles. The summed E-state index contributed by atoms with van der Waals surface area (Å²) in [6.07, 6.45) is 0. The van der Waals surface area contributed by atoms with E-state index in [1.54, 1.807) is 24.1 Å². The normalized spacial score (nSPS) is 21.1. The molecular weight excluding hydrogens is 234 g/mol. The first-order valence-corrected chi connectivity index (χ1v) is 5.67.